The molecule has 1 fully saturated rings. The van der Waals surface area contributed by atoms with E-state index in [0.29, 0.717) is 34.1 Å². The van der Waals surface area contributed by atoms with Crippen LogP contribution >= 0.6 is 12.4 Å². The van der Waals surface area contributed by atoms with Crippen molar-refractivity contribution in [2.45, 2.75) is 33.6 Å². The molecule has 4 rings (SSSR count). The van der Waals surface area contributed by atoms with E-state index in [1.807, 2.05) is 30.0 Å². The summed E-state index contributed by atoms with van der Waals surface area (Å²) in [5, 5.41) is 4.01. The van der Waals surface area contributed by atoms with Crippen molar-refractivity contribution < 1.29 is 9.18 Å². The highest BCUT2D eigenvalue weighted by Gasteiger charge is 2.25. The molecule has 1 N–H and O–H groups in total. The van der Waals surface area contributed by atoms with Crippen LogP contribution in [0.4, 0.5) is 15.8 Å². The smallest absolute Gasteiger partial charge is 0.257 e. The number of halogens is 2. The Balaban J connectivity index is 0.00000256. The van der Waals surface area contributed by atoms with Crippen molar-refractivity contribution >= 4 is 40.7 Å². The number of piperidine rings is 1. The van der Waals surface area contributed by atoms with Crippen LogP contribution in [0, 0.1) is 25.6 Å². The maximum absolute atomic E-state index is 14.1. The van der Waals surface area contributed by atoms with Crippen molar-refractivity contribution in [1.82, 2.24) is 14.9 Å². The van der Waals surface area contributed by atoms with Gasteiger partial charge in [0.15, 0.2) is 5.65 Å². The molecule has 1 atom stereocenters. The van der Waals surface area contributed by atoms with Gasteiger partial charge < -0.3 is 10.2 Å². The van der Waals surface area contributed by atoms with Crippen molar-refractivity contribution in [2.24, 2.45) is 5.92 Å². The molecule has 0 radical (unpaired) electrons. The predicted octanol–water partition coefficient (Wildman–Crippen LogP) is 5.42. The number of nitrogens with one attached hydrogen (secondary N) is 1. The summed E-state index contributed by atoms with van der Waals surface area (Å²) in [6.07, 6.45) is 3.72. The number of rotatable bonds is 3. The van der Waals surface area contributed by atoms with E-state index in [0.717, 1.165) is 37.0 Å². The fraction of sp³-hybridized carbons (Fsp3) is 0.348. The van der Waals surface area contributed by atoms with Gasteiger partial charge in [-0.3, -0.25) is 4.79 Å². The molecule has 158 valence electrons. The fourth-order valence-electron chi connectivity index (χ4n) is 3.83. The number of likely N-dealkylation sites (tertiary alicyclic amines) is 1. The standard InChI is InChI=1S/C23H25FN4O.ClH/c1-14-5-4-10-28(13-14)23(29)19-12-25-22-18(9-7-16(3)26-22)21(19)27-17-8-6-15(2)20(24)11-17;/h6-9,11-12,14H,4-5,10,13H2,1-3H3,(H,25,26,27);1H. The molecule has 3 aromatic rings. The van der Waals surface area contributed by atoms with Gasteiger partial charge in [0.1, 0.15) is 5.82 Å². The third-order valence-electron chi connectivity index (χ3n) is 5.48. The number of aromatic nitrogens is 2. The van der Waals surface area contributed by atoms with Crippen LogP contribution in [0.15, 0.2) is 36.5 Å². The molecular weight excluding hydrogens is 403 g/mol. The summed E-state index contributed by atoms with van der Waals surface area (Å²) < 4.78 is 14.1. The Morgan fingerprint density at radius 2 is 2.03 bits per heavy atom. The SMILES string of the molecule is Cc1ccc2c(Nc3ccc(C)c(F)c3)c(C(=O)N3CCCC(C)C3)cnc2n1.Cl. The highest BCUT2D eigenvalue weighted by molar-refractivity contribution is 6.07. The molecule has 0 spiro atoms. The summed E-state index contributed by atoms with van der Waals surface area (Å²) in [5.41, 5.74) is 3.67. The van der Waals surface area contributed by atoms with Gasteiger partial charge >= 0.3 is 0 Å². The number of pyridine rings is 2. The van der Waals surface area contributed by atoms with E-state index in [1.165, 1.54) is 6.07 Å². The lowest BCUT2D eigenvalue weighted by Gasteiger charge is -2.31. The lowest BCUT2D eigenvalue weighted by Crippen LogP contribution is -2.39. The van der Waals surface area contributed by atoms with Gasteiger partial charge in [0, 0.05) is 36.1 Å². The van der Waals surface area contributed by atoms with Gasteiger partial charge in [0.2, 0.25) is 0 Å². The van der Waals surface area contributed by atoms with Gasteiger partial charge in [-0.2, -0.15) is 0 Å². The molecule has 7 heteroatoms. The Morgan fingerprint density at radius 1 is 1.23 bits per heavy atom. The zero-order valence-corrected chi connectivity index (χ0v) is 18.2. The van der Waals surface area contributed by atoms with Crippen molar-refractivity contribution in [2.75, 3.05) is 18.4 Å². The molecule has 0 bridgehead atoms. The number of fused-ring (bicyclic) bond motifs is 1. The normalized spacial score (nSPS) is 16.3. The molecule has 30 heavy (non-hydrogen) atoms. The number of hydrogen-bond acceptors (Lipinski definition) is 4. The summed E-state index contributed by atoms with van der Waals surface area (Å²) in [4.78, 5) is 24.2. The number of amides is 1. The van der Waals surface area contributed by atoms with E-state index in [-0.39, 0.29) is 24.1 Å². The fourth-order valence-corrected chi connectivity index (χ4v) is 3.83. The van der Waals surface area contributed by atoms with Crippen LogP contribution in [0.3, 0.4) is 0 Å². The van der Waals surface area contributed by atoms with Crippen molar-refractivity contribution in [1.29, 1.82) is 0 Å². The van der Waals surface area contributed by atoms with Gasteiger partial charge in [-0.15, -0.1) is 12.4 Å². The van der Waals surface area contributed by atoms with Crippen molar-refractivity contribution in [3.8, 4) is 0 Å². The van der Waals surface area contributed by atoms with E-state index in [1.54, 1.807) is 19.2 Å². The van der Waals surface area contributed by atoms with Crippen LogP contribution in [-0.2, 0) is 0 Å². The van der Waals surface area contributed by atoms with Crippen LogP contribution < -0.4 is 5.32 Å². The topological polar surface area (TPSA) is 58.1 Å². The highest BCUT2D eigenvalue weighted by Crippen LogP contribution is 2.31. The summed E-state index contributed by atoms with van der Waals surface area (Å²) in [5.74, 6) is 0.134. The zero-order chi connectivity index (χ0) is 20.5. The Morgan fingerprint density at radius 3 is 2.77 bits per heavy atom. The monoisotopic (exact) mass is 428 g/mol. The molecular formula is C23H26ClFN4O. The quantitative estimate of drug-likeness (QED) is 0.604. The minimum absolute atomic E-state index is 0. The van der Waals surface area contributed by atoms with E-state index in [4.69, 9.17) is 0 Å². The van der Waals surface area contributed by atoms with E-state index in [2.05, 4.69) is 22.2 Å². The largest absolute Gasteiger partial charge is 0.354 e. The van der Waals surface area contributed by atoms with E-state index < -0.39 is 0 Å². The van der Waals surface area contributed by atoms with E-state index >= 15 is 0 Å². The van der Waals surface area contributed by atoms with Crippen LogP contribution in [0.25, 0.3) is 11.0 Å². The second kappa shape index (κ2) is 8.96. The first-order valence-electron chi connectivity index (χ1n) is 10.0. The molecule has 1 aliphatic rings. The second-order valence-electron chi connectivity index (χ2n) is 7.96. The van der Waals surface area contributed by atoms with Crippen LogP contribution in [-0.4, -0.2) is 33.9 Å². The molecule has 1 amide bonds. The molecule has 0 saturated carbocycles. The summed E-state index contributed by atoms with van der Waals surface area (Å²) in [6.45, 7) is 7.27. The number of benzene rings is 1. The molecule has 0 aliphatic carbocycles. The van der Waals surface area contributed by atoms with Gasteiger partial charge in [-0.1, -0.05) is 13.0 Å². The number of anilines is 2. The molecule has 2 aromatic heterocycles. The number of aryl methyl sites for hydroxylation is 2. The third kappa shape index (κ3) is 4.38. The first-order chi connectivity index (χ1) is 13.9. The van der Waals surface area contributed by atoms with Crippen LogP contribution in [0.2, 0.25) is 0 Å². The number of nitrogens with zero attached hydrogens (tertiary/aromatic N) is 3. The first-order valence-corrected chi connectivity index (χ1v) is 10.0. The Labute approximate surface area is 182 Å². The van der Waals surface area contributed by atoms with Gasteiger partial charge in [0.25, 0.3) is 5.91 Å². The Hall–Kier alpha value is -2.73. The van der Waals surface area contributed by atoms with Gasteiger partial charge in [-0.05, 0) is 62.4 Å². The van der Waals surface area contributed by atoms with Crippen LogP contribution in [0.5, 0.6) is 0 Å². The first kappa shape index (κ1) is 22.0. The van der Waals surface area contributed by atoms with Crippen molar-refractivity contribution in [3.05, 3.63) is 59.2 Å². The predicted molar refractivity (Wildman–Crippen MR) is 120 cm³/mol. The number of hydrogen-bond donors (Lipinski definition) is 1. The third-order valence-corrected chi connectivity index (χ3v) is 5.48. The molecule has 1 aliphatic heterocycles. The lowest BCUT2D eigenvalue weighted by atomic mass is 9.99. The Kier molecular flexibility index (Phi) is 6.56. The molecule has 1 aromatic carbocycles. The highest BCUT2D eigenvalue weighted by atomic mass is 35.5. The maximum atomic E-state index is 14.1. The zero-order valence-electron chi connectivity index (χ0n) is 17.4. The number of carbonyl (C=O) groups is 1. The second-order valence-corrected chi connectivity index (χ2v) is 7.96. The average molecular weight is 429 g/mol. The molecule has 1 unspecified atom stereocenters. The van der Waals surface area contributed by atoms with Crippen LogP contribution in [0.1, 0.15) is 41.4 Å². The minimum Gasteiger partial charge on any atom is -0.354 e. The van der Waals surface area contributed by atoms with Gasteiger partial charge in [0.05, 0.1) is 11.3 Å². The lowest BCUT2D eigenvalue weighted by molar-refractivity contribution is 0.0684. The van der Waals surface area contributed by atoms with Crippen molar-refractivity contribution in [3.63, 3.8) is 0 Å². The number of carbonyl (C=O) groups excluding carboxylic acids is 1. The molecule has 1 saturated heterocycles. The average Bonchev–Trinajstić information content (AvgIpc) is 2.70. The maximum Gasteiger partial charge on any atom is 0.257 e. The molecule has 3 heterocycles. The summed E-state index contributed by atoms with van der Waals surface area (Å²) >= 11 is 0. The summed E-state index contributed by atoms with van der Waals surface area (Å²) in [7, 11) is 0. The Bertz CT molecular complexity index is 1090. The molecule has 5 nitrogen and oxygen atoms in total. The van der Waals surface area contributed by atoms with E-state index in [9.17, 15) is 9.18 Å². The minimum atomic E-state index is -0.292. The van der Waals surface area contributed by atoms with Gasteiger partial charge in [-0.25, -0.2) is 14.4 Å². The summed E-state index contributed by atoms with van der Waals surface area (Å²) in [6, 6.07) is 8.77.